The molecule has 0 aliphatic carbocycles. The summed E-state index contributed by atoms with van der Waals surface area (Å²) in [6, 6.07) is -0.379. The average Bonchev–Trinajstić information content (AvgIpc) is 3.10. The van der Waals surface area contributed by atoms with Crippen molar-refractivity contribution in [2.24, 2.45) is 0 Å². The van der Waals surface area contributed by atoms with Gasteiger partial charge in [0.25, 0.3) is 5.91 Å². The molecule has 1 aliphatic heterocycles. The molecule has 7 nitrogen and oxygen atoms in total. The highest BCUT2D eigenvalue weighted by Crippen LogP contribution is 2.22. The van der Waals surface area contributed by atoms with Gasteiger partial charge in [-0.05, 0) is 20.3 Å². The molecule has 2 rings (SSSR count). The molecule has 0 unspecified atom stereocenters. The third-order valence-electron chi connectivity index (χ3n) is 4.00. The molecule has 1 saturated heterocycles. The van der Waals surface area contributed by atoms with Crippen molar-refractivity contribution < 1.29 is 9.59 Å². The van der Waals surface area contributed by atoms with Crippen LogP contribution in [0.5, 0.6) is 0 Å². The van der Waals surface area contributed by atoms with Gasteiger partial charge in [0, 0.05) is 25.6 Å². The summed E-state index contributed by atoms with van der Waals surface area (Å²) in [7, 11) is 0. The molecule has 0 saturated carbocycles. The third-order valence-corrected chi connectivity index (χ3v) is 4.98. The number of nitrogens with zero attached hydrogens (tertiary/aromatic N) is 2. The molecule has 0 spiro atoms. The van der Waals surface area contributed by atoms with Crippen LogP contribution in [0.15, 0.2) is 0 Å². The summed E-state index contributed by atoms with van der Waals surface area (Å²) < 4.78 is 0. The zero-order valence-electron chi connectivity index (χ0n) is 14.9. The first-order valence-electron chi connectivity index (χ1n) is 8.47. The number of thiazole rings is 1. The SMILES string of the molecule is CCC#CCN1C[C@@H](NC(=O)c2sc(N)nc2C)C[C@H]1C(=O)NCC. The summed E-state index contributed by atoms with van der Waals surface area (Å²) in [5.74, 6) is 5.90. The normalized spacial score (nSPS) is 20.0. The lowest BCUT2D eigenvalue weighted by atomic mass is 10.1. The number of nitrogen functional groups attached to an aromatic ring is 1. The molecule has 4 N–H and O–H groups in total. The smallest absolute Gasteiger partial charge is 0.263 e. The Morgan fingerprint density at radius 3 is 2.76 bits per heavy atom. The predicted octanol–water partition coefficient (Wildman–Crippen LogP) is 0.756. The summed E-state index contributed by atoms with van der Waals surface area (Å²) in [4.78, 5) is 31.4. The Morgan fingerprint density at radius 1 is 1.40 bits per heavy atom. The maximum Gasteiger partial charge on any atom is 0.263 e. The lowest BCUT2D eigenvalue weighted by Crippen LogP contribution is -2.43. The van der Waals surface area contributed by atoms with Crippen LogP contribution in [0.2, 0.25) is 0 Å². The van der Waals surface area contributed by atoms with Crippen molar-refractivity contribution in [2.75, 3.05) is 25.4 Å². The molecule has 1 aromatic heterocycles. The summed E-state index contributed by atoms with van der Waals surface area (Å²) in [5.41, 5.74) is 6.29. The van der Waals surface area contributed by atoms with Crippen LogP contribution in [-0.2, 0) is 4.79 Å². The number of amides is 2. The Balaban J connectivity index is 2.05. The molecule has 2 atom stereocenters. The maximum atomic E-state index is 12.5. The number of carbonyl (C=O) groups is 2. The molecular formula is C17H25N5O2S. The van der Waals surface area contributed by atoms with E-state index < -0.39 is 0 Å². The Kier molecular flexibility index (Phi) is 6.79. The number of likely N-dealkylation sites (N-methyl/N-ethyl adjacent to an activating group) is 1. The Morgan fingerprint density at radius 2 is 2.16 bits per heavy atom. The van der Waals surface area contributed by atoms with Crippen LogP contribution in [0, 0.1) is 18.8 Å². The number of hydrogen-bond donors (Lipinski definition) is 3. The minimum Gasteiger partial charge on any atom is -0.375 e. The van der Waals surface area contributed by atoms with E-state index in [-0.39, 0.29) is 23.9 Å². The van der Waals surface area contributed by atoms with Crippen LogP contribution < -0.4 is 16.4 Å². The van der Waals surface area contributed by atoms with E-state index in [0.29, 0.717) is 41.8 Å². The van der Waals surface area contributed by atoms with Crippen molar-refractivity contribution in [1.29, 1.82) is 0 Å². The first kappa shape index (κ1) is 19.2. The highest BCUT2D eigenvalue weighted by molar-refractivity contribution is 7.17. The molecule has 0 bridgehead atoms. The van der Waals surface area contributed by atoms with Gasteiger partial charge >= 0.3 is 0 Å². The molecule has 1 fully saturated rings. The van der Waals surface area contributed by atoms with Gasteiger partial charge in [0.2, 0.25) is 5.91 Å². The van der Waals surface area contributed by atoms with Crippen molar-refractivity contribution in [3.8, 4) is 11.8 Å². The number of hydrogen-bond acceptors (Lipinski definition) is 6. The fraction of sp³-hybridized carbons (Fsp3) is 0.588. The fourth-order valence-corrected chi connectivity index (χ4v) is 3.65. The number of likely N-dealkylation sites (tertiary alicyclic amines) is 1. The Labute approximate surface area is 152 Å². The van der Waals surface area contributed by atoms with Gasteiger partial charge in [0.1, 0.15) is 4.88 Å². The summed E-state index contributed by atoms with van der Waals surface area (Å²) in [5, 5.41) is 6.24. The quantitative estimate of drug-likeness (QED) is 0.671. The molecule has 0 aromatic carbocycles. The number of anilines is 1. The van der Waals surface area contributed by atoms with E-state index >= 15 is 0 Å². The summed E-state index contributed by atoms with van der Waals surface area (Å²) in [6.07, 6.45) is 1.35. The van der Waals surface area contributed by atoms with E-state index in [1.54, 1.807) is 6.92 Å². The standard InChI is InChI=1S/C17H25N5O2S/c1-4-6-7-8-22-10-12(9-13(22)15(23)19-5-2)21-16(24)14-11(3)20-17(18)25-14/h12-13H,4-5,8-10H2,1-3H3,(H2,18,20)(H,19,23)(H,21,24)/t12-,13-/m0/s1. The van der Waals surface area contributed by atoms with Crippen molar-refractivity contribution in [2.45, 2.75) is 45.7 Å². The number of aryl methyl sites for hydroxylation is 1. The number of rotatable bonds is 5. The van der Waals surface area contributed by atoms with Crippen LogP contribution in [0.1, 0.15) is 42.1 Å². The fourth-order valence-electron chi connectivity index (χ4n) is 2.91. The van der Waals surface area contributed by atoms with Gasteiger partial charge in [0.05, 0.1) is 18.3 Å². The van der Waals surface area contributed by atoms with Crippen molar-refractivity contribution in [1.82, 2.24) is 20.5 Å². The number of nitrogens with one attached hydrogen (secondary N) is 2. The second-order valence-electron chi connectivity index (χ2n) is 5.92. The minimum absolute atomic E-state index is 0.0178. The number of carbonyl (C=O) groups excluding carboxylic acids is 2. The molecule has 25 heavy (non-hydrogen) atoms. The number of aromatic nitrogens is 1. The van der Waals surface area contributed by atoms with Gasteiger partial charge in [0.15, 0.2) is 5.13 Å². The van der Waals surface area contributed by atoms with Gasteiger partial charge in [-0.15, -0.1) is 5.92 Å². The monoisotopic (exact) mass is 363 g/mol. The van der Waals surface area contributed by atoms with Gasteiger partial charge in [-0.3, -0.25) is 14.5 Å². The molecule has 1 aromatic rings. The number of nitrogens with two attached hydrogens (primary N) is 1. The molecule has 2 amide bonds. The van der Waals surface area contributed by atoms with E-state index in [1.807, 2.05) is 18.7 Å². The second-order valence-corrected chi connectivity index (χ2v) is 6.95. The highest BCUT2D eigenvalue weighted by atomic mass is 32.1. The second kappa shape index (κ2) is 8.83. The largest absolute Gasteiger partial charge is 0.375 e. The zero-order chi connectivity index (χ0) is 18.4. The van der Waals surface area contributed by atoms with Crippen molar-refractivity contribution in [3.63, 3.8) is 0 Å². The van der Waals surface area contributed by atoms with Crippen molar-refractivity contribution >= 4 is 28.3 Å². The Bertz CT molecular complexity index is 691. The van der Waals surface area contributed by atoms with Crippen LogP contribution >= 0.6 is 11.3 Å². The lowest BCUT2D eigenvalue weighted by Gasteiger charge is -2.20. The zero-order valence-corrected chi connectivity index (χ0v) is 15.7. The first-order chi connectivity index (χ1) is 12.0. The molecule has 1 aliphatic rings. The molecule has 0 radical (unpaired) electrons. The topological polar surface area (TPSA) is 100 Å². The summed E-state index contributed by atoms with van der Waals surface area (Å²) in [6.45, 7) is 7.35. The van der Waals surface area contributed by atoms with Gasteiger partial charge < -0.3 is 16.4 Å². The highest BCUT2D eigenvalue weighted by Gasteiger charge is 2.37. The third kappa shape index (κ3) is 4.94. The van der Waals surface area contributed by atoms with Crippen molar-refractivity contribution in [3.05, 3.63) is 10.6 Å². The van der Waals surface area contributed by atoms with Gasteiger partial charge in [-0.25, -0.2) is 4.98 Å². The van der Waals surface area contributed by atoms with E-state index in [1.165, 1.54) is 11.3 Å². The van der Waals surface area contributed by atoms with E-state index in [9.17, 15) is 9.59 Å². The predicted molar refractivity (Wildman–Crippen MR) is 99.2 cm³/mol. The Hall–Kier alpha value is -2.11. The van der Waals surface area contributed by atoms with Crippen LogP contribution in [0.4, 0.5) is 5.13 Å². The van der Waals surface area contributed by atoms with E-state index in [0.717, 1.165) is 6.42 Å². The molecule has 136 valence electrons. The van der Waals surface area contributed by atoms with Crippen LogP contribution in [0.3, 0.4) is 0 Å². The van der Waals surface area contributed by atoms with Gasteiger partial charge in [-0.1, -0.05) is 24.2 Å². The lowest BCUT2D eigenvalue weighted by molar-refractivity contribution is -0.125. The van der Waals surface area contributed by atoms with Gasteiger partial charge in [-0.2, -0.15) is 0 Å². The summed E-state index contributed by atoms with van der Waals surface area (Å²) >= 11 is 1.18. The van der Waals surface area contributed by atoms with Crippen LogP contribution in [0.25, 0.3) is 0 Å². The first-order valence-corrected chi connectivity index (χ1v) is 9.29. The molecule has 8 heteroatoms. The molecule has 2 heterocycles. The average molecular weight is 363 g/mol. The maximum absolute atomic E-state index is 12.5. The van der Waals surface area contributed by atoms with E-state index in [4.69, 9.17) is 5.73 Å². The molecular weight excluding hydrogens is 338 g/mol. The van der Waals surface area contributed by atoms with E-state index in [2.05, 4.69) is 27.5 Å². The minimum atomic E-state index is -0.274. The van der Waals surface area contributed by atoms with Crippen LogP contribution in [-0.4, -0.2) is 53.4 Å².